The first kappa shape index (κ1) is 27.2. The van der Waals surface area contributed by atoms with E-state index in [1.807, 2.05) is 0 Å². The van der Waals surface area contributed by atoms with Crippen molar-refractivity contribution in [2.45, 2.75) is 142 Å². The zero-order chi connectivity index (χ0) is 24.8. The molecule has 0 N–H and O–H groups in total. The van der Waals surface area contributed by atoms with Crippen LogP contribution in [0, 0.1) is 35.5 Å². The normalized spacial score (nSPS) is 40.9. The van der Waals surface area contributed by atoms with Crippen molar-refractivity contribution in [2.24, 2.45) is 35.5 Å². The van der Waals surface area contributed by atoms with Crippen molar-refractivity contribution < 1.29 is 9.53 Å². The number of carbonyl (C=O) groups excluding carboxylic acids is 1. The summed E-state index contributed by atoms with van der Waals surface area (Å²) in [5.74, 6) is 5.14. The molecule has 0 aromatic heterocycles. The maximum atomic E-state index is 11.3. The molecule has 3 atom stereocenters. The Hall–Kier alpha value is -0.830. The van der Waals surface area contributed by atoms with E-state index in [9.17, 15) is 4.79 Å². The lowest BCUT2D eigenvalue weighted by molar-refractivity contribution is -0.138. The van der Waals surface area contributed by atoms with Crippen LogP contribution in [-0.2, 0) is 9.53 Å². The predicted molar refractivity (Wildman–Crippen MR) is 146 cm³/mol. The number of hydrogen-bond donors (Lipinski definition) is 0. The molecule has 0 heterocycles. The Bertz CT molecular complexity index is 652. The summed E-state index contributed by atoms with van der Waals surface area (Å²) in [6.07, 6.45) is 23.8. The highest BCUT2D eigenvalue weighted by Gasteiger charge is 2.40. The van der Waals surface area contributed by atoms with Crippen LogP contribution in [0.3, 0.4) is 0 Å². The molecule has 4 fully saturated rings. The Morgan fingerprint density at radius 1 is 0.743 bits per heavy atom. The van der Waals surface area contributed by atoms with E-state index >= 15 is 0 Å². The Kier molecular flexibility index (Phi) is 10.2. The second kappa shape index (κ2) is 13.1. The molecule has 0 bridgehead atoms. The summed E-state index contributed by atoms with van der Waals surface area (Å²) in [5, 5.41) is 0. The minimum atomic E-state index is -0.274. The van der Waals surface area contributed by atoms with Gasteiger partial charge in [-0.2, -0.15) is 0 Å². The van der Waals surface area contributed by atoms with Gasteiger partial charge in [0.25, 0.3) is 0 Å². The Morgan fingerprint density at radius 3 is 1.86 bits per heavy atom. The van der Waals surface area contributed by atoms with Gasteiger partial charge in [-0.05, 0) is 125 Å². The van der Waals surface area contributed by atoms with Gasteiger partial charge in [-0.1, -0.05) is 40.2 Å². The van der Waals surface area contributed by atoms with Crippen LogP contribution >= 0.6 is 0 Å². The number of esters is 1. The molecule has 0 amide bonds. The van der Waals surface area contributed by atoms with Crippen LogP contribution in [0.15, 0.2) is 12.7 Å². The van der Waals surface area contributed by atoms with E-state index in [4.69, 9.17) is 4.74 Å². The van der Waals surface area contributed by atoms with E-state index in [0.29, 0.717) is 6.61 Å². The first-order valence-electron chi connectivity index (χ1n) is 15.5. The number of nitrogens with zero attached hydrogens (tertiary/aromatic N) is 1. The third-order valence-electron chi connectivity index (χ3n) is 11.1. The smallest absolute Gasteiger partial charge is 0.330 e. The average Bonchev–Trinajstić information content (AvgIpc) is 2.88. The van der Waals surface area contributed by atoms with Crippen LogP contribution in [0.4, 0.5) is 0 Å². The monoisotopic (exact) mass is 485 g/mol. The second-order valence-corrected chi connectivity index (χ2v) is 13.3. The summed E-state index contributed by atoms with van der Waals surface area (Å²) in [4.78, 5) is 14.4. The molecule has 3 nitrogen and oxygen atoms in total. The lowest BCUT2D eigenvalue weighted by Crippen LogP contribution is -2.53. The van der Waals surface area contributed by atoms with Gasteiger partial charge in [0.15, 0.2) is 0 Å². The van der Waals surface area contributed by atoms with Gasteiger partial charge in [0.2, 0.25) is 0 Å². The summed E-state index contributed by atoms with van der Waals surface area (Å²) in [7, 11) is 0. The average molecular weight is 486 g/mol. The Labute approximate surface area is 216 Å². The quantitative estimate of drug-likeness (QED) is 0.256. The summed E-state index contributed by atoms with van der Waals surface area (Å²) in [6.45, 7) is 11.5. The number of carbonyl (C=O) groups is 1. The van der Waals surface area contributed by atoms with E-state index in [2.05, 4.69) is 32.3 Å². The van der Waals surface area contributed by atoms with Gasteiger partial charge >= 0.3 is 5.97 Å². The molecule has 4 aliphatic rings. The molecule has 0 radical (unpaired) electrons. The molecule has 0 aromatic carbocycles. The number of rotatable bonds is 8. The molecular weight excluding hydrogens is 430 g/mol. The van der Waals surface area contributed by atoms with Gasteiger partial charge in [0.05, 0.1) is 6.61 Å². The van der Waals surface area contributed by atoms with Crippen molar-refractivity contribution in [3.8, 4) is 0 Å². The van der Waals surface area contributed by atoms with E-state index in [1.54, 1.807) is 0 Å². The largest absolute Gasteiger partial charge is 0.463 e. The van der Waals surface area contributed by atoms with Gasteiger partial charge in [-0.3, -0.25) is 4.90 Å². The van der Waals surface area contributed by atoms with Crippen molar-refractivity contribution in [1.82, 2.24) is 4.90 Å². The molecule has 35 heavy (non-hydrogen) atoms. The fourth-order valence-corrected chi connectivity index (χ4v) is 8.43. The Balaban J connectivity index is 1.27. The van der Waals surface area contributed by atoms with Gasteiger partial charge in [0, 0.05) is 24.2 Å². The lowest BCUT2D eigenvalue weighted by atomic mass is 9.69. The molecule has 0 aliphatic heterocycles. The van der Waals surface area contributed by atoms with Crippen molar-refractivity contribution in [3.05, 3.63) is 12.7 Å². The van der Waals surface area contributed by atoms with Gasteiger partial charge < -0.3 is 4.74 Å². The van der Waals surface area contributed by atoms with Crippen molar-refractivity contribution in [2.75, 3.05) is 6.61 Å². The minimum absolute atomic E-state index is 0.274. The Morgan fingerprint density at radius 2 is 1.29 bits per heavy atom. The van der Waals surface area contributed by atoms with Crippen LogP contribution in [0.25, 0.3) is 0 Å². The van der Waals surface area contributed by atoms with Crippen LogP contribution < -0.4 is 0 Å². The van der Waals surface area contributed by atoms with Crippen molar-refractivity contribution in [1.29, 1.82) is 0 Å². The standard InChI is InChI=1S/C32H55NO2/c1-5-32(34)35-21-20-26-9-11-27(12-10-26)28-13-18-30(19-14-28)33(29-15-6-23(2)7-16-29)31-17-8-24(3)25(4)22-31/h5,23-31H,1,6-22H2,2-4H3. The maximum Gasteiger partial charge on any atom is 0.330 e. The van der Waals surface area contributed by atoms with Gasteiger partial charge in [0.1, 0.15) is 0 Å². The molecule has 4 rings (SSSR count). The topological polar surface area (TPSA) is 29.5 Å². The highest BCUT2D eigenvalue weighted by Crippen LogP contribution is 2.44. The highest BCUT2D eigenvalue weighted by molar-refractivity contribution is 5.81. The molecule has 0 aromatic rings. The van der Waals surface area contributed by atoms with E-state index < -0.39 is 0 Å². The summed E-state index contributed by atoms with van der Waals surface area (Å²) >= 11 is 0. The zero-order valence-electron chi connectivity index (χ0n) is 23.3. The molecular formula is C32H55NO2. The minimum Gasteiger partial charge on any atom is -0.463 e. The summed E-state index contributed by atoms with van der Waals surface area (Å²) < 4.78 is 5.23. The van der Waals surface area contributed by atoms with E-state index in [1.165, 1.54) is 102 Å². The van der Waals surface area contributed by atoms with Gasteiger partial charge in [-0.25, -0.2) is 4.79 Å². The SMILES string of the molecule is C=CC(=O)OCCC1CCC(C2CCC(N(C3CCC(C)CC3)C3CCC(C)C(C)C3)CC2)CC1. The molecule has 3 heteroatoms. The first-order chi connectivity index (χ1) is 16.9. The fraction of sp³-hybridized carbons (Fsp3) is 0.906. The van der Waals surface area contributed by atoms with Crippen LogP contribution in [0.5, 0.6) is 0 Å². The summed E-state index contributed by atoms with van der Waals surface area (Å²) in [6, 6.07) is 2.57. The zero-order valence-corrected chi connectivity index (χ0v) is 23.3. The van der Waals surface area contributed by atoms with E-state index in [-0.39, 0.29) is 5.97 Å². The molecule has 4 saturated carbocycles. The second-order valence-electron chi connectivity index (χ2n) is 13.3. The third kappa shape index (κ3) is 7.36. The van der Waals surface area contributed by atoms with Gasteiger partial charge in [-0.15, -0.1) is 0 Å². The third-order valence-corrected chi connectivity index (χ3v) is 11.1. The first-order valence-corrected chi connectivity index (χ1v) is 15.5. The maximum absolute atomic E-state index is 11.3. The van der Waals surface area contributed by atoms with Crippen LogP contribution in [0.2, 0.25) is 0 Å². The molecule has 200 valence electrons. The lowest BCUT2D eigenvalue weighted by Gasteiger charge is -2.51. The highest BCUT2D eigenvalue weighted by atomic mass is 16.5. The predicted octanol–water partition coefficient (Wildman–Crippen LogP) is 8.18. The number of hydrogen-bond acceptors (Lipinski definition) is 3. The van der Waals surface area contributed by atoms with E-state index in [0.717, 1.165) is 60.1 Å². The molecule has 3 unspecified atom stereocenters. The van der Waals surface area contributed by atoms with Crippen molar-refractivity contribution in [3.63, 3.8) is 0 Å². The number of ether oxygens (including phenoxy) is 1. The molecule has 4 aliphatic carbocycles. The fourth-order valence-electron chi connectivity index (χ4n) is 8.43. The molecule has 0 spiro atoms. The summed E-state index contributed by atoms with van der Waals surface area (Å²) in [5.41, 5.74) is 0. The van der Waals surface area contributed by atoms with Crippen molar-refractivity contribution >= 4 is 5.97 Å². The van der Waals surface area contributed by atoms with Crippen LogP contribution in [0.1, 0.15) is 124 Å². The molecule has 0 saturated heterocycles. The van der Waals surface area contributed by atoms with Crippen LogP contribution in [-0.4, -0.2) is 35.6 Å².